The van der Waals surface area contributed by atoms with E-state index in [-0.39, 0.29) is 36.2 Å². The molecule has 0 fully saturated rings. The first kappa shape index (κ1) is 16.8. The fraction of sp³-hybridized carbons (Fsp3) is 0.467. The molecule has 0 saturated carbocycles. The Hall–Kier alpha value is -2.24. The number of hydrogen-bond donors (Lipinski definition) is 2. The maximum Gasteiger partial charge on any atom is 0.344 e. The SMILES string of the molecule is CCOc1cccc(N)c1C(=O)OCCC(=O)NC(C)C. The molecule has 6 heteroatoms. The molecule has 0 spiro atoms. The van der Waals surface area contributed by atoms with Crippen LogP contribution in [-0.4, -0.2) is 31.1 Å². The van der Waals surface area contributed by atoms with Gasteiger partial charge in [0, 0.05) is 11.7 Å². The Morgan fingerprint density at radius 1 is 1.33 bits per heavy atom. The minimum absolute atomic E-state index is 0.00269. The Morgan fingerprint density at radius 3 is 2.67 bits per heavy atom. The van der Waals surface area contributed by atoms with E-state index in [9.17, 15) is 9.59 Å². The van der Waals surface area contributed by atoms with Gasteiger partial charge in [-0.3, -0.25) is 4.79 Å². The highest BCUT2D eigenvalue weighted by molar-refractivity contribution is 5.98. The van der Waals surface area contributed by atoms with Gasteiger partial charge in [-0.1, -0.05) is 6.07 Å². The van der Waals surface area contributed by atoms with Gasteiger partial charge in [-0.15, -0.1) is 0 Å². The van der Waals surface area contributed by atoms with Gasteiger partial charge in [-0.05, 0) is 32.9 Å². The molecule has 0 heterocycles. The third kappa shape index (κ3) is 5.33. The van der Waals surface area contributed by atoms with Gasteiger partial charge in [-0.25, -0.2) is 4.79 Å². The number of carbonyl (C=O) groups excluding carboxylic acids is 2. The molecule has 0 unspecified atom stereocenters. The van der Waals surface area contributed by atoms with Gasteiger partial charge in [0.15, 0.2) is 0 Å². The lowest BCUT2D eigenvalue weighted by Gasteiger charge is -2.12. The topological polar surface area (TPSA) is 90.7 Å². The van der Waals surface area contributed by atoms with Crippen LogP contribution < -0.4 is 15.8 Å². The summed E-state index contributed by atoms with van der Waals surface area (Å²) >= 11 is 0. The first-order valence-corrected chi connectivity index (χ1v) is 6.93. The summed E-state index contributed by atoms with van der Waals surface area (Å²) in [5.74, 6) is -0.369. The first-order chi connectivity index (χ1) is 9.95. The quantitative estimate of drug-likeness (QED) is 0.590. The van der Waals surface area contributed by atoms with Crippen LogP contribution in [0.2, 0.25) is 0 Å². The van der Waals surface area contributed by atoms with Crippen molar-refractivity contribution in [2.24, 2.45) is 0 Å². The molecule has 0 aromatic heterocycles. The number of esters is 1. The zero-order valence-corrected chi connectivity index (χ0v) is 12.6. The van der Waals surface area contributed by atoms with Crippen LogP contribution >= 0.6 is 0 Å². The summed E-state index contributed by atoms with van der Waals surface area (Å²) in [4.78, 5) is 23.5. The zero-order valence-electron chi connectivity index (χ0n) is 12.6. The number of carbonyl (C=O) groups is 2. The summed E-state index contributed by atoms with van der Waals surface area (Å²) in [5.41, 5.74) is 6.28. The lowest BCUT2D eigenvalue weighted by molar-refractivity contribution is -0.122. The standard InChI is InChI=1S/C15H22N2O4/c1-4-20-12-7-5-6-11(16)14(12)15(19)21-9-8-13(18)17-10(2)3/h5-7,10H,4,8-9,16H2,1-3H3,(H,17,18). The lowest BCUT2D eigenvalue weighted by Crippen LogP contribution is -2.31. The second kappa shape index (κ2) is 8.14. The molecule has 0 bridgehead atoms. The fourth-order valence-corrected chi connectivity index (χ4v) is 1.75. The van der Waals surface area contributed by atoms with Crippen LogP contribution in [0, 0.1) is 0 Å². The number of anilines is 1. The summed E-state index contributed by atoms with van der Waals surface area (Å²) in [6.07, 6.45) is 0.112. The van der Waals surface area contributed by atoms with Gasteiger partial charge >= 0.3 is 5.97 Å². The van der Waals surface area contributed by atoms with Crippen molar-refractivity contribution in [1.82, 2.24) is 5.32 Å². The highest BCUT2D eigenvalue weighted by Gasteiger charge is 2.18. The van der Waals surface area contributed by atoms with Crippen molar-refractivity contribution < 1.29 is 19.1 Å². The molecule has 6 nitrogen and oxygen atoms in total. The number of ether oxygens (including phenoxy) is 2. The Morgan fingerprint density at radius 2 is 2.05 bits per heavy atom. The maximum absolute atomic E-state index is 12.1. The van der Waals surface area contributed by atoms with E-state index < -0.39 is 5.97 Å². The van der Waals surface area contributed by atoms with Gasteiger partial charge in [-0.2, -0.15) is 0 Å². The maximum atomic E-state index is 12.1. The number of nitrogens with one attached hydrogen (secondary N) is 1. The molecule has 116 valence electrons. The van der Waals surface area contributed by atoms with E-state index >= 15 is 0 Å². The van der Waals surface area contributed by atoms with E-state index in [1.807, 2.05) is 20.8 Å². The van der Waals surface area contributed by atoms with Crippen molar-refractivity contribution in [3.8, 4) is 5.75 Å². The van der Waals surface area contributed by atoms with E-state index in [4.69, 9.17) is 15.2 Å². The number of rotatable bonds is 7. The molecule has 1 aromatic carbocycles. The van der Waals surface area contributed by atoms with Crippen LogP contribution in [0.4, 0.5) is 5.69 Å². The van der Waals surface area contributed by atoms with Crippen LogP contribution in [0.25, 0.3) is 0 Å². The summed E-state index contributed by atoms with van der Waals surface area (Å²) in [6, 6.07) is 5.02. The number of nitrogens with two attached hydrogens (primary N) is 1. The molecule has 21 heavy (non-hydrogen) atoms. The molecule has 1 aromatic rings. The van der Waals surface area contributed by atoms with Crippen LogP contribution in [0.5, 0.6) is 5.75 Å². The number of amides is 1. The molecule has 0 saturated heterocycles. The van der Waals surface area contributed by atoms with Gasteiger partial charge in [0.25, 0.3) is 0 Å². The average molecular weight is 294 g/mol. The summed E-state index contributed by atoms with van der Waals surface area (Å²) in [7, 11) is 0. The number of nitrogen functional groups attached to an aromatic ring is 1. The second-order valence-electron chi connectivity index (χ2n) is 4.76. The van der Waals surface area contributed by atoms with Crippen LogP contribution in [0.1, 0.15) is 37.6 Å². The van der Waals surface area contributed by atoms with Crippen molar-refractivity contribution in [3.63, 3.8) is 0 Å². The van der Waals surface area contributed by atoms with Crippen molar-refractivity contribution in [3.05, 3.63) is 23.8 Å². The molecular weight excluding hydrogens is 272 g/mol. The molecule has 1 rings (SSSR count). The van der Waals surface area contributed by atoms with Crippen molar-refractivity contribution in [2.75, 3.05) is 18.9 Å². The third-order valence-electron chi connectivity index (χ3n) is 2.57. The summed E-state index contributed by atoms with van der Waals surface area (Å²) < 4.78 is 10.4. The number of hydrogen-bond acceptors (Lipinski definition) is 5. The highest BCUT2D eigenvalue weighted by Crippen LogP contribution is 2.25. The predicted octanol–water partition coefficient (Wildman–Crippen LogP) is 1.74. The third-order valence-corrected chi connectivity index (χ3v) is 2.57. The van der Waals surface area contributed by atoms with Crippen LogP contribution in [0.3, 0.4) is 0 Å². The van der Waals surface area contributed by atoms with E-state index in [2.05, 4.69) is 5.32 Å². The molecule has 0 aliphatic carbocycles. The van der Waals surface area contributed by atoms with Gasteiger partial charge in [0.1, 0.15) is 17.9 Å². The summed E-state index contributed by atoms with van der Waals surface area (Å²) in [5, 5.41) is 2.72. The van der Waals surface area contributed by atoms with Crippen molar-refractivity contribution in [1.29, 1.82) is 0 Å². The van der Waals surface area contributed by atoms with E-state index in [0.717, 1.165) is 0 Å². The smallest absolute Gasteiger partial charge is 0.344 e. The average Bonchev–Trinajstić information content (AvgIpc) is 2.38. The van der Waals surface area contributed by atoms with E-state index in [1.54, 1.807) is 18.2 Å². The fourth-order valence-electron chi connectivity index (χ4n) is 1.75. The monoisotopic (exact) mass is 294 g/mol. The van der Waals surface area contributed by atoms with Crippen molar-refractivity contribution >= 4 is 17.6 Å². The Bertz CT molecular complexity index is 500. The normalized spacial score (nSPS) is 10.3. The molecular formula is C15H22N2O4. The van der Waals surface area contributed by atoms with Crippen LogP contribution in [0.15, 0.2) is 18.2 Å². The van der Waals surface area contributed by atoms with E-state index in [0.29, 0.717) is 12.4 Å². The molecule has 3 N–H and O–H groups in total. The zero-order chi connectivity index (χ0) is 15.8. The molecule has 0 radical (unpaired) electrons. The lowest BCUT2D eigenvalue weighted by atomic mass is 10.1. The van der Waals surface area contributed by atoms with Crippen LogP contribution in [-0.2, 0) is 9.53 Å². The largest absolute Gasteiger partial charge is 0.493 e. The number of benzene rings is 1. The van der Waals surface area contributed by atoms with Gasteiger partial charge in [0.2, 0.25) is 5.91 Å². The first-order valence-electron chi connectivity index (χ1n) is 6.93. The van der Waals surface area contributed by atoms with Gasteiger partial charge in [0.05, 0.1) is 13.0 Å². The Kier molecular flexibility index (Phi) is 6.52. The second-order valence-corrected chi connectivity index (χ2v) is 4.76. The van der Waals surface area contributed by atoms with Gasteiger partial charge < -0.3 is 20.5 Å². The molecule has 0 aliphatic rings. The summed E-state index contributed by atoms with van der Waals surface area (Å²) in [6.45, 7) is 5.96. The predicted molar refractivity (Wildman–Crippen MR) is 80.2 cm³/mol. The van der Waals surface area contributed by atoms with E-state index in [1.165, 1.54) is 0 Å². The highest BCUT2D eigenvalue weighted by atomic mass is 16.5. The Labute approximate surface area is 124 Å². The Balaban J connectivity index is 2.62. The molecule has 0 aliphatic heterocycles. The molecule has 0 atom stereocenters. The minimum Gasteiger partial charge on any atom is -0.493 e. The van der Waals surface area contributed by atoms with Crippen molar-refractivity contribution in [2.45, 2.75) is 33.2 Å². The molecule has 1 amide bonds. The minimum atomic E-state index is -0.589.